The van der Waals surface area contributed by atoms with Crippen LogP contribution >= 0.6 is 7.81 Å². The molecule has 26 heavy (non-hydrogen) atoms. The van der Waals surface area contributed by atoms with E-state index in [0.717, 1.165) is 20.4 Å². The van der Waals surface area contributed by atoms with E-state index in [4.69, 9.17) is 19.8 Å². The Morgan fingerprint density at radius 3 is 1.54 bits per heavy atom. The van der Waals surface area contributed by atoms with Gasteiger partial charge in [0.2, 0.25) is 6.33 Å². The fourth-order valence-corrected chi connectivity index (χ4v) is 0.975. The van der Waals surface area contributed by atoms with E-state index >= 15 is 0 Å². The van der Waals surface area contributed by atoms with Crippen molar-refractivity contribution >= 4 is 19.7 Å². The predicted molar refractivity (Wildman–Crippen MR) is 75.4 cm³/mol. The molecule has 1 rings (SSSR count). The quantitative estimate of drug-likeness (QED) is 0.270. The van der Waals surface area contributed by atoms with Crippen LogP contribution in [0.25, 0.3) is 0 Å². The number of carbonyl (C=O) groups excluding carboxylic acids is 2. The van der Waals surface area contributed by atoms with Crippen LogP contribution in [0.3, 0.4) is 0 Å². The van der Waals surface area contributed by atoms with Gasteiger partial charge in [0, 0.05) is 11.9 Å². The number of carboxylic acid groups (broad SMARTS) is 2. The first-order valence-corrected chi connectivity index (χ1v) is 8.70. The van der Waals surface area contributed by atoms with Gasteiger partial charge in [-0.05, 0) is 20.3 Å². The third kappa shape index (κ3) is 77.8. The first kappa shape index (κ1) is 32.5. The van der Waals surface area contributed by atoms with E-state index in [1.165, 1.54) is 12.8 Å². The summed E-state index contributed by atoms with van der Waals surface area (Å²) in [5.74, 6) is -2.17. The maximum atomic E-state index is 9.87. The summed E-state index contributed by atoms with van der Waals surface area (Å²) in [6.07, 6.45) is 8.82. The van der Waals surface area contributed by atoms with Crippen LogP contribution in [0.5, 0.6) is 0 Å². The summed E-state index contributed by atoms with van der Waals surface area (Å²) in [5, 5.41) is 17.8. The van der Waals surface area contributed by atoms with Crippen LogP contribution in [0.15, 0.2) is 18.7 Å². The van der Waals surface area contributed by atoms with Gasteiger partial charge in [0.25, 0.3) is 0 Å². The molecule has 0 fully saturated rings. The van der Waals surface area contributed by atoms with E-state index < -0.39 is 19.7 Å². The maximum Gasteiger partial charge on any atom is 2.00 e. The van der Waals surface area contributed by atoms with Crippen LogP contribution in [0.1, 0.15) is 33.6 Å². The van der Waals surface area contributed by atoms with Gasteiger partial charge in [-0.15, -0.1) is 0 Å². The molecule has 0 radical (unpaired) electrons. The van der Waals surface area contributed by atoms with Crippen LogP contribution in [-0.4, -0.2) is 16.5 Å². The zero-order chi connectivity index (χ0) is 21.0. The molecule has 0 saturated carbocycles. The number of rotatable bonds is 3. The molecule has 0 aliphatic rings. The van der Waals surface area contributed by atoms with Crippen molar-refractivity contribution in [1.82, 2.24) is 4.57 Å². The minimum Gasteiger partial charge on any atom is 2.00 e. The molecule has 14 heteroatoms. The van der Waals surface area contributed by atoms with Crippen LogP contribution in [0.4, 0.5) is 25.2 Å². The smallest absolute Gasteiger partial charge is 2.00 e. The summed E-state index contributed by atoms with van der Waals surface area (Å²) >= 11 is 0. The molecule has 0 saturated heterocycles. The minimum atomic E-state index is -10.7. The van der Waals surface area contributed by atoms with Crippen molar-refractivity contribution in [3.05, 3.63) is 18.7 Å². The van der Waals surface area contributed by atoms with Gasteiger partial charge in [-0.3, -0.25) is 0 Å². The first-order valence-electron chi connectivity index (χ1n) is 6.67. The number of halogens is 6. The van der Waals surface area contributed by atoms with Gasteiger partial charge in [-0.2, -0.15) is 0 Å². The molecule has 0 amide bonds. The molecule has 0 aliphatic carbocycles. The second-order valence-corrected chi connectivity index (χ2v) is 6.53. The molecule has 0 aliphatic heterocycles. The van der Waals surface area contributed by atoms with Crippen molar-refractivity contribution in [2.75, 3.05) is 0 Å². The number of carbonyl (C=O) groups is 2. The Balaban J connectivity index is -0.000000133. The van der Waals surface area contributed by atoms with Crippen molar-refractivity contribution in [1.29, 1.82) is 0 Å². The van der Waals surface area contributed by atoms with Crippen LogP contribution in [0, 0.1) is 0 Å². The molecule has 1 aromatic rings. The van der Waals surface area contributed by atoms with Gasteiger partial charge in [0.05, 0.1) is 13.6 Å². The van der Waals surface area contributed by atoms with Gasteiger partial charge in [-0.25, -0.2) is 9.13 Å². The topological polar surface area (TPSA) is 89.1 Å². The second kappa shape index (κ2) is 12.3. The first-order chi connectivity index (χ1) is 10.7. The average Bonchev–Trinajstić information content (AvgIpc) is 2.66. The fraction of sp³-hybridized carbons (Fsp3) is 0.583. The summed E-state index contributed by atoms with van der Waals surface area (Å²) in [7, 11) is -8.61. The van der Waals surface area contributed by atoms with Crippen LogP contribution in [-0.2, 0) is 43.6 Å². The Labute approximate surface area is 160 Å². The number of nitrogens with zero attached hydrogens (tertiary/aromatic N) is 2. The van der Waals surface area contributed by atoms with Crippen molar-refractivity contribution in [2.45, 2.75) is 40.2 Å². The fourth-order valence-electron chi connectivity index (χ4n) is 0.975. The zero-order valence-corrected chi connectivity index (χ0v) is 16.9. The SMILES string of the molecule is CC(=O)[O-].CC(=O)[O-].CCCCn1cc[n+](C)c1.F[P-](F)(F)(F)(F)F.[Pd+2]. The Kier molecular flexibility index (Phi) is 15.3. The van der Waals surface area contributed by atoms with Crippen molar-refractivity contribution in [3.63, 3.8) is 0 Å². The molecule has 1 aromatic heterocycles. The van der Waals surface area contributed by atoms with E-state index in [-0.39, 0.29) is 20.4 Å². The summed E-state index contributed by atoms with van der Waals surface area (Å²) in [6.45, 7) is 5.31. The number of hydrogen-bond acceptors (Lipinski definition) is 4. The number of carboxylic acids is 2. The summed E-state index contributed by atoms with van der Waals surface area (Å²) in [5.41, 5.74) is 0. The molecule has 0 unspecified atom stereocenters. The third-order valence-corrected chi connectivity index (χ3v) is 1.59. The number of aliphatic carboxylic acids is 2. The van der Waals surface area contributed by atoms with Gasteiger partial charge < -0.3 is 19.8 Å². The van der Waals surface area contributed by atoms with E-state index in [1.54, 1.807) is 0 Å². The largest absolute Gasteiger partial charge is 2.00 e. The maximum absolute atomic E-state index is 10.7. The number of unbranched alkanes of at least 4 members (excludes halogenated alkanes) is 1. The van der Waals surface area contributed by atoms with Gasteiger partial charge in [-0.1, -0.05) is 13.3 Å². The number of hydrogen-bond donors (Lipinski definition) is 0. The molecule has 1 heterocycles. The molecule has 0 aromatic carbocycles. The molecule has 6 nitrogen and oxygen atoms in total. The normalized spacial score (nSPS) is 12.1. The Morgan fingerprint density at radius 2 is 1.35 bits per heavy atom. The predicted octanol–water partition coefficient (Wildman–Crippen LogP) is 2.00. The van der Waals surface area contributed by atoms with Crippen molar-refractivity contribution in [2.24, 2.45) is 7.05 Å². The van der Waals surface area contributed by atoms with E-state index in [0.29, 0.717) is 0 Å². The summed E-state index contributed by atoms with van der Waals surface area (Å²) < 4.78 is 63.5. The minimum absolute atomic E-state index is 0. The summed E-state index contributed by atoms with van der Waals surface area (Å²) in [6, 6.07) is 0. The number of imidazole rings is 1. The monoisotopic (exact) mass is 508 g/mol. The molecule has 0 N–H and O–H groups in total. The standard InChI is InChI=1S/C8H15N2.2C2H4O2.F6P.Pd/c1-3-4-5-10-7-6-9(2)8-10;2*1-2(3)4;1-7(2,3,4,5)6;/h6-8H,3-5H2,1-2H3;2*1H3,(H,3,4);;/q+1;;;-1;+2/p-2. The van der Waals surface area contributed by atoms with Gasteiger partial charge in [0.15, 0.2) is 0 Å². The molecule has 0 spiro atoms. The number of aromatic nitrogens is 2. The Morgan fingerprint density at radius 1 is 1.04 bits per heavy atom. The average molecular weight is 509 g/mol. The van der Waals surface area contributed by atoms with E-state index in [2.05, 4.69) is 34.8 Å². The van der Waals surface area contributed by atoms with Gasteiger partial charge >= 0.3 is 53.4 Å². The molecule has 0 bridgehead atoms. The van der Waals surface area contributed by atoms with E-state index in [9.17, 15) is 25.2 Å². The Hall–Kier alpha value is -1.18. The molecule has 0 atom stereocenters. The molecular formula is C12H21F6N2O4PPd. The Bertz CT molecular complexity index is 505. The van der Waals surface area contributed by atoms with Crippen LogP contribution in [0.2, 0.25) is 0 Å². The second-order valence-electron chi connectivity index (χ2n) is 4.61. The van der Waals surface area contributed by atoms with Gasteiger partial charge in [0.1, 0.15) is 12.4 Å². The zero-order valence-electron chi connectivity index (χ0n) is 14.4. The third-order valence-electron chi connectivity index (χ3n) is 1.59. The molecular weight excluding hydrogens is 488 g/mol. The van der Waals surface area contributed by atoms with Crippen molar-refractivity contribution < 1.29 is 70.0 Å². The number of aryl methyl sites for hydroxylation is 2. The van der Waals surface area contributed by atoms with E-state index in [1.807, 2.05) is 7.05 Å². The van der Waals surface area contributed by atoms with Crippen LogP contribution < -0.4 is 14.8 Å². The summed E-state index contributed by atoms with van der Waals surface area (Å²) in [4.78, 5) is 17.8. The van der Waals surface area contributed by atoms with Crippen molar-refractivity contribution in [3.8, 4) is 0 Å². The molecule has 160 valence electrons.